The highest BCUT2D eigenvalue weighted by molar-refractivity contribution is 5.95. The van der Waals surface area contributed by atoms with Gasteiger partial charge in [-0.3, -0.25) is 4.79 Å². The predicted molar refractivity (Wildman–Crippen MR) is 74.4 cm³/mol. The lowest BCUT2D eigenvalue weighted by molar-refractivity contribution is 0.0951. The highest BCUT2D eigenvalue weighted by atomic mass is 16.5. The molecule has 19 heavy (non-hydrogen) atoms. The lowest BCUT2D eigenvalue weighted by Gasteiger charge is -2.12. The molecule has 2 fully saturated rings. The Labute approximate surface area is 113 Å². The van der Waals surface area contributed by atoms with Crippen molar-refractivity contribution in [2.24, 2.45) is 0 Å². The molecule has 1 amide bonds. The summed E-state index contributed by atoms with van der Waals surface area (Å²) in [6, 6.07) is 8.07. The van der Waals surface area contributed by atoms with Gasteiger partial charge >= 0.3 is 0 Å². The molecule has 1 atom stereocenters. The largest absolute Gasteiger partial charge is 0.382 e. The van der Waals surface area contributed by atoms with E-state index in [4.69, 9.17) is 4.74 Å². The van der Waals surface area contributed by atoms with E-state index in [9.17, 15) is 4.79 Å². The molecule has 1 aromatic rings. The molecule has 1 unspecified atom stereocenters. The molecule has 1 aliphatic heterocycles. The number of carbonyl (C=O) groups excluding carboxylic acids is 1. The van der Waals surface area contributed by atoms with Gasteiger partial charge in [0.15, 0.2) is 0 Å². The van der Waals surface area contributed by atoms with Crippen LogP contribution >= 0.6 is 0 Å². The van der Waals surface area contributed by atoms with E-state index in [1.807, 2.05) is 24.3 Å². The summed E-state index contributed by atoms with van der Waals surface area (Å²) in [5, 5.41) is 6.35. The fourth-order valence-corrected chi connectivity index (χ4v) is 2.30. The van der Waals surface area contributed by atoms with Crippen LogP contribution in [0.15, 0.2) is 24.3 Å². The van der Waals surface area contributed by atoms with Crippen LogP contribution in [-0.2, 0) is 4.74 Å². The number of hydrogen-bond acceptors (Lipinski definition) is 3. The van der Waals surface area contributed by atoms with Crippen molar-refractivity contribution in [1.82, 2.24) is 5.32 Å². The van der Waals surface area contributed by atoms with E-state index in [0.29, 0.717) is 12.1 Å². The molecule has 1 heterocycles. The van der Waals surface area contributed by atoms with Gasteiger partial charge < -0.3 is 15.4 Å². The number of nitrogens with one attached hydrogen (secondary N) is 2. The Hall–Kier alpha value is -1.55. The van der Waals surface area contributed by atoms with E-state index in [1.165, 1.54) is 0 Å². The summed E-state index contributed by atoms with van der Waals surface area (Å²) in [6.45, 7) is 1.68. The summed E-state index contributed by atoms with van der Waals surface area (Å²) in [5.41, 5.74) is 1.71. The second kappa shape index (κ2) is 5.61. The second-order valence-corrected chi connectivity index (χ2v) is 5.34. The summed E-state index contributed by atoms with van der Waals surface area (Å²) >= 11 is 0. The van der Waals surface area contributed by atoms with Gasteiger partial charge in [-0.1, -0.05) is 6.07 Å². The van der Waals surface area contributed by atoms with Gasteiger partial charge in [-0.15, -0.1) is 0 Å². The van der Waals surface area contributed by atoms with Gasteiger partial charge in [0, 0.05) is 30.4 Å². The molecule has 2 aliphatic rings. The number of rotatable bonds is 5. The van der Waals surface area contributed by atoms with Crippen molar-refractivity contribution in [3.63, 3.8) is 0 Å². The number of carbonyl (C=O) groups is 1. The van der Waals surface area contributed by atoms with Crippen LogP contribution in [-0.4, -0.2) is 31.2 Å². The summed E-state index contributed by atoms with van der Waals surface area (Å²) in [7, 11) is 0. The maximum Gasteiger partial charge on any atom is 0.251 e. The molecule has 3 rings (SSSR count). The van der Waals surface area contributed by atoms with Gasteiger partial charge in [-0.05, 0) is 43.9 Å². The molecule has 1 saturated heterocycles. The van der Waals surface area contributed by atoms with Crippen molar-refractivity contribution in [3.05, 3.63) is 29.8 Å². The molecular formula is C15H20N2O2. The Balaban J connectivity index is 1.56. The Kier molecular flexibility index (Phi) is 3.69. The summed E-state index contributed by atoms with van der Waals surface area (Å²) in [5.74, 6) is 0.0308. The molecule has 102 valence electrons. The molecule has 4 nitrogen and oxygen atoms in total. The highest BCUT2D eigenvalue weighted by Crippen LogP contribution is 2.20. The quantitative estimate of drug-likeness (QED) is 0.853. The van der Waals surface area contributed by atoms with Crippen LogP contribution in [0.5, 0.6) is 0 Å². The molecule has 1 aromatic carbocycles. The van der Waals surface area contributed by atoms with Crippen molar-refractivity contribution in [2.75, 3.05) is 18.5 Å². The standard InChI is InChI=1S/C15H20N2O2/c18-15(17-12-6-7-12)11-3-1-4-13(9-11)16-10-14-5-2-8-19-14/h1,3-4,9,12,14,16H,2,5-8,10H2,(H,17,18). The SMILES string of the molecule is O=C(NC1CC1)c1cccc(NCC2CCCO2)c1. The third-order valence-corrected chi connectivity index (χ3v) is 3.60. The fraction of sp³-hybridized carbons (Fsp3) is 0.533. The number of anilines is 1. The minimum Gasteiger partial charge on any atom is -0.382 e. The lowest BCUT2D eigenvalue weighted by atomic mass is 10.1. The summed E-state index contributed by atoms with van der Waals surface area (Å²) in [6.07, 6.45) is 4.81. The molecule has 1 aliphatic carbocycles. The molecule has 2 N–H and O–H groups in total. The number of ether oxygens (including phenoxy) is 1. The van der Waals surface area contributed by atoms with Crippen LogP contribution in [0.2, 0.25) is 0 Å². The molecular weight excluding hydrogens is 240 g/mol. The maximum absolute atomic E-state index is 11.9. The minimum absolute atomic E-state index is 0.0308. The number of hydrogen-bond donors (Lipinski definition) is 2. The van der Waals surface area contributed by atoms with Crippen LogP contribution in [0.3, 0.4) is 0 Å². The number of amides is 1. The summed E-state index contributed by atoms with van der Waals surface area (Å²) in [4.78, 5) is 11.9. The number of benzene rings is 1. The third-order valence-electron chi connectivity index (χ3n) is 3.60. The minimum atomic E-state index is 0.0308. The summed E-state index contributed by atoms with van der Waals surface area (Å²) < 4.78 is 5.57. The van der Waals surface area contributed by atoms with Crippen LogP contribution in [0.4, 0.5) is 5.69 Å². The first-order chi connectivity index (χ1) is 9.31. The molecule has 1 saturated carbocycles. The fourth-order valence-electron chi connectivity index (χ4n) is 2.30. The van der Waals surface area contributed by atoms with Gasteiger partial charge in [0.2, 0.25) is 0 Å². The van der Waals surface area contributed by atoms with Gasteiger partial charge in [0.1, 0.15) is 0 Å². The third kappa shape index (κ3) is 3.47. The predicted octanol–water partition coefficient (Wildman–Crippen LogP) is 2.17. The lowest BCUT2D eigenvalue weighted by Crippen LogP contribution is -2.25. The van der Waals surface area contributed by atoms with Crippen molar-refractivity contribution in [3.8, 4) is 0 Å². The van der Waals surface area contributed by atoms with Gasteiger partial charge in [0.05, 0.1) is 6.10 Å². The van der Waals surface area contributed by atoms with Crippen LogP contribution in [0.25, 0.3) is 0 Å². The van der Waals surface area contributed by atoms with E-state index in [0.717, 1.165) is 50.1 Å². The van der Waals surface area contributed by atoms with Gasteiger partial charge in [-0.2, -0.15) is 0 Å². The molecule has 0 spiro atoms. The Morgan fingerprint density at radius 3 is 2.95 bits per heavy atom. The van der Waals surface area contributed by atoms with E-state index in [1.54, 1.807) is 0 Å². The Bertz CT molecular complexity index is 451. The first kappa shape index (κ1) is 12.5. The first-order valence-electron chi connectivity index (χ1n) is 7.08. The maximum atomic E-state index is 11.9. The van der Waals surface area contributed by atoms with E-state index in [2.05, 4.69) is 10.6 Å². The zero-order chi connectivity index (χ0) is 13.1. The monoisotopic (exact) mass is 260 g/mol. The first-order valence-corrected chi connectivity index (χ1v) is 7.08. The van der Waals surface area contributed by atoms with Crippen molar-refractivity contribution in [2.45, 2.75) is 37.8 Å². The Morgan fingerprint density at radius 1 is 1.32 bits per heavy atom. The molecule has 4 heteroatoms. The molecule has 0 radical (unpaired) electrons. The average Bonchev–Trinajstić information content (AvgIpc) is 3.09. The molecule has 0 aromatic heterocycles. The van der Waals surface area contributed by atoms with Crippen LogP contribution in [0.1, 0.15) is 36.0 Å². The zero-order valence-electron chi connectivity index (χ0n) is 11.0. The van der Waals surface area contributed by atoms with E-state index < -0.39 is 0 Å². The van der Waals surface area contributed by atoms with Crippen molar-refractivity contribution >= 4 is 11.6 Å². The van der Waals surface area contributed by atoms with E-state index in [-0.39, 0.29) is 5.91 Å². The van der Waals surface area contributed by atoms with Crippen LogP contribution < -0.4 is 10.6 Å². The van der Waals surface area contributed by atoms with Gasteiger partial charge in [-0.25, -0.2) is 0 Å². The van der Waals surface area contributed by atoms with Crippen molar-refractivity contribution in [1.29, 1.82) is 0 Å². The van der Waals surface area contributed by atoms with Crippen LogP contribution in [0, 0.1) is 0 Å². The topological polar surface area (TPSA) is 50.4 Å². The van der Waals surface area contributed by atoms with Gasteiger partial charge in [0.25, 0.3) is 5.91 Å². The second-order valence-electron chi connectivity index (χ2n) is 5.34. The zero-order valence-corrected chi connectivity index (χ0v) is 11.0. The smallest absolute Gasteiger partial charge is 0.251 e. The normalized spacial score (nSPS) is 22.2. The van der Waals surface area contributed by atoms with Crippen molar-refractivity contribution < 1.29 is 9.53 Å². The highest BCUT2D eigenvalue weighted by Gasteiger charge is 2.23. The van der Waals surface area contributed by atoms with E-state index >= 15 is 0 Å². The molecule has 0 bridgehead atoms. The average molecular weight is 260 g/mol. The Morgan fingerprint density at radius 2 is 2.21 bits per heavy atom.